The zero-order chi connectivity index (χ0) is 25.1. The molecule has 1 N–H and O–H groups in total. The van der Waals surface area contributed by atoms with Gasteiger partial charge in [0.25, 0.3) is 11.8 Å². The Morgan fingerprint density at radius 1 is 0.861 bits per heavy atom. The molecular formula is C29H26N2O5. The van der Waals surface area contributed by atoms with E-state index in [1.54, 1.807) is 43.4 Å². The number of carbonyl (C=O) groups is 2. The molecule has 2 heterocycles. The highest BCUT2D eigenvalue weighted by atomic mass is 16.5. The summed E-state index contributed by atoms with van der Waals surface area (Å²) in [5.41, 5.74) is 4.26. The Kier molecular flexibility index (Phi) is 6.45. The second-order valence-electron chi connectivity index (χ2n) is 8.51. The first-order valence-corrected chi connectivity index (χ1v) is 11.7. The molecule has 7 heteroatoms. The number of benzene rings is 3. The van der Waals surface area contributed by atoms with Gasteiger partial charge in [-0.3, -0.25) is 9.59 Å². The Balaban J connectivity index is 1.27. The van der Waals surface area contributed by atoms with E-state index in [2.05, 4.69) is 5.32 Å². The summed E-state index contributed by atoms with van der Waals surface area (Å²) in [6.07, 6.45) is 0.727. The molecule has 3 aromatic carbocycles. The largest absolute Gasteiger partial charge is 0.493 e. The number of carbonyl (C=O) groups excluding carboxylic acids is 2. The Bertz CT molecular complexity index is 1390. The highest BCUT2D eigenvalue weighted by Crippen LogP contribution is 2.34. The molecule has 2 amide bonds. The SMILES string of the molecule is COc1cc2c(cc1OC)CN(C(=O)c1ccc(-c3ccc(NC(=O)c4ccccc4)cc3)o1)CC2. The molecule has 5 rings (SSSR count). The van der Waals surface area contributed by atoms with E-state index in [-0.39, 0.29) is 17.6 Å². The van der Waals surface area contributed by atoms with E-state index in [9.17, 15) is 9.59 Å². The lowest BCUT2D eigenvalue weighted by Gasteiger charge is -2.29. The van der Waals surface area contributed by atoms with E-state index >= 15 is 0 Å². The molecule has 36 heavy (non-hydrogen) atoms. The Hall–Kier alpha value is -4.52. The van der Waals surface area contributed by atoms with Crippen molar-refractivity contribution in [2.45, 2.75) is 13.0 Å². The minimum Gasteiger partial charge on any atom is -0.493 e. The van der Waals surface area contributed by atoms with Gasteiger partial charge in [-0.05, 0) is 78.2 Å². The maximum absolute atomic E-state index is 13.2. The first kappa shape index (κ1) is 23.2. The van der Waals surface area contributed by atoms with Crippen LogP contribution in [0.15, 0.2) is 83.3 Å². The lowest BCUT2D eigenvalue weighted by atomic mass is 9.98. The monoisotopic (exact) mass is 482 g/mol. The Morgan fingerprint density at radius 2 is 1.56 bits per heavy atom. The minimum atomic E-state index is -0.173. The van der Waals surface area contributed by atoms with E-state index in [1.807, 2.05) is 54.6 Å². The van der Waals surface area contributed by atoms with Crippen LogP contribution in [0.2, 0.25) is 0 Å². The minimum absolute atomic E-state index is 0.159. The van der Waals surface area contributed by atoms with Crippen LogP contribution in [0.25, 0.3) is 11.3 Å². The summed E-state index contributed by atoms with van der Waals surface area (Å²) < 4.78 is 16.7. The van der Waals surface area contributed by atoms with Gasteiger partial charge in [0.15, 0.2) is 17.3 Å². The fourth-order valence-electron chi connectivity index (χ4n) is 4.33. The fourth-order valence-corrected chi connectivity index (χ4v) is 4.33. The number of ether oxygens (including phenoxy) is 2. The van der Waals surface area contributed by atoms with Crippen LogP contribution in [0.1, 0.15) is 32.0 Å². The van der Waals surface area contributed by atoms with Crippen LogP contribution < -0.4 is 14.8 Å². The number of nitrogens with zero attached hydrogens (tertiary/aromatic N) is 1. The highest BCUT2D eigenvalue weighted by molar-refractivity contribution is 6.04. The van der Waals surface area contributed by atoms with Crippen LogP contribution in [0.4, 0.5) is 5.69 Å². The number of methoxy groups -OCH3 is 2. The molecule has 0 atom stereocenters. The summed E-state index contributed by atoms with van der Waals surface area (Å²) in [7, 11) is 3.22. The van der Waals surface area contributed by atoms with Gasteiger partial charge >= 0.3 is 0 Å². The third kappa shape index (κ3) is 4.68. The molecule has 1 aromatic heterocycles. The average molecular weight is 483 g/mol. The van der Waals surface area contributed by atoms with Crippen LogP contribution in [-0.4, -0.2) is 37.5 Å². The molecule has 1 aliphatic rings. The third-order valence-electron chi connectivity index (χ3n) is 6.29. The van der Waals surface area contributed by atoms with Gasteiger partial charge in [0.2, 0.25) is 0 Å². The van der Waals surface area contributed by atoms with Crippen molar-refractivity contribution in [3.8, 4) is 22.8 Å². The quantitative estimate of drug-likeness (QED) is 0.397. The maximum Gasteiger partial charge on any atom is 0.289 e. The van der Waals surface area contributed by atoms with Crippen molar-refractivity contribution >= 4 is 17.5 Å². The van der Waals surface area contributed by atoms with Crippen LogP contribution >= 0.6 is 0 Å². The van der Waals surface area contributed by atoms with Gasteiger partial charge in [0, 0.05) is 29.9 Å². The molecule has 4 aromatic rings. The predicted octanol–water partition coefficient (Wildman–Crippen LogP) is 5.41. The first-order chi connectivity index (χ1) is 17.6. The van der Waals surface area contributed by atoms with Gasteiger partial charge in [-0.15, -0.1) is 0 Å². The summed E-state index contributed by atoms with van der Waals surface area (Å²) in [4.78, 5) is 27.3. The third-order valence-corrected chi connectivity index (χ3v) is 6.29. The molecule has 0 bridgehead atoms. The van der Waals surface area contributed by atoms with E-state index < -0.39 is 0 Å². The molecule has 0 unspecified atom stereocenters. The number of fused-ring (bicyclic) bond motifs is 1. The summed E-state index contributed by atoms with van der Waals surface area (Å²) in [6, 6.07) is 23.8. The van der Waals surface area contributed by atoms with Crippen LogP contribution in [0.5, 0.6) is 11.5 Å². The summed E-state index contributed by atoms with van der Waals surface area (Å²) in [5.74, 6) is 1.88. The molecule has 0 radical (unpaired) electrons. The second kappa shape index (κ2) is 10.00. The molecule has 7 nitrogen and oxygen atoms in total. The van der Waals surface area contributed by atoms with Crippen LogP contribution in [-0.2, 0) is 13.0 Å². The predicted molar refractivity (Wildman–Crippen MR) is 137 cm³/mol. The summed E-state index contributed by atoms with van der Waals surface area (Å²) in [5, 5.41) is 2.88. The van der Waals surface area contributed by atoms with Crippen molar-refractivity contribution in [2.24, 2.45) is 0 Å². The number of anilines is 1. The summed E-state index contributed by atoms with van der Waals surface area (Å²) in [6.45, 7) is 1.06. The molecular weight excluding hydrogens is 456 g/mol. The van der Waals surface area contributed by atoms with Crippen molar-refractivity contribution in [1.29, 1.82) is 0 Å². The zero-order valence-corrected chi connectivity index (χ0v) is 20.1. The van der Waals surface area contributed by atoms with Crippen molar-refractivity contribution in [2.75, 3.05) is 26.1 Å². The van der Waals surface area contributed by atoms with E-state index in [1.165, 1.54) is 0 Å². The molecule has 0 fully saturated rings. The fraction of sp³-hybridized carbons (Fsp3) is 0.172. The topological polar surface area (TPSA) is 81.0 Å². The Labute approximate surface area is 209 Å². The molecule has 0 aliphatic carbocycles. The zero-order valence-electron chi connectivity index (χ0n) is 20.1. The second-order valence-corrected chi connectivity index (χ2v) is 8.51. The van der Waals surface area contributed by atoms with Crippen LogP contribution in [0, 0.1) is 0 Å². The van der Waals surface area contributed by atoms with E-state index in [0.717, 1.165) is 23.1 Å². The average Bonchev–Trinajstić information content (AvgIpc) is 3.42. The van der Waals surface area contributed by atoms with Crippen molar-refractivity contribution in [1.82, 2.24) is 4.90 Å². The van der Waals surface area contributed by atoms with Gasteiger partial charge in [0.1, 0.15) is 5.76 Å². The van der Waals surface area contributed by atoms with E-state index in [4.69, 9.17) is 13.9 Å². The molecule has 0 spiro atoms. The molecule has 182 valence electrons. The molecule has 1 aliphatic heterocycles. The van der Waals surface area contributed by atoms with Crippen molar-refractivity contribution < 1.29 is 23.5 Å². The first-order valence-electron chi connectivity index (χ1n) is 11.7. The van der Waals surface area contributed by atoms with Gasteiger partial charge in [-0.1, -0.05) is 18.2 Å². The van der Waals surface area contributed by atoms with Crippen molar-refractivity contribution in [3.63, 3.8) is 0 Å². The highest BCUT2D eigenvalue weighted by Gasteiger charge is 2.25. The van der Waals surface area contributed by atoms with Crippen molar-refractivity contribution in [3.05, 3.63) is 101 Å². The molecule has 0 saturated heterocycles. The van der Waals surface area contributed by atoms with Gasteiger partial charge < -0.3 is 24.1 Å². The standard InChI is InChI=1S/C29H26N2O5/c1-34-26-16-21-14-15-31(18-22(21)17-27(26)35-2)29(33)25-13-12-24(36-25)19-8-10-23(11-9-19)30-28(32)20-6-4-3-5-7-20/h3-13,16-17H,14-15,18H2,1-2H3,(H,30,32). The smallest absolute Gasteiger partial charge is 0.289 e. The van der Waals surface area contributed by atoms with Gasteiger partial charge in [0.05, 0.1) is 14.2 Å². The summed E-state index contributed by atoms with van der Waals surface area (Å²) >= 11 is 0. The number of nitrogens with one attached hydrogen (secondary N) is 1. The normalized spacial score (nSPS) is 12.6. The number of amides is 2. The maximum atomic E-state index is 13.2. The lowest BCUT2D eigenvalue weighted by Crippen LogP contribution is -2.35. The number of rotatable bonds is 6. The lowest BCUT2D eigenvalue weighted by molar-refractivity contribution is 0.0703. The Morgan fingerprint density at radius 3 is 2.25 bits per heavy atom. The number of hydrogen-bond donors (Lipinski definition) is 1. The number of hydrogen-bond acceptors (Lipinski definition) is 5. The number of furan rings is 1. The van der Waals surface area contributed by atoms with Gasteiger partial charge in [-0.25, -0.2) is 0 Å². The van der Waals surface area contributed by atoms with Gasteiger partial charge in [-0.2, -0.15) is 0 Å². The molecule has 0 saturated carbocycles. The van der Waals surface area contributed by atoms with Crippen LogP contribution in [0.3, 0.4) is 0 Å². The van der Waals surface area contributed by atoms with E-state index in [0.29, 0.717) is 41.6 Å².